The second-order valence-corrected chi connectivity index (χ2v) is 11.0. The van der Waals surface area contributed by atoms with Crippen LogP contribution in [0, 0.1) is 0 Å². The number of benzene rings is 2. The highest BCUT2D eigenvalue weighted by molar-refractivity contribution is 7.89. The third-order valence-corrected chi connectivity index (χ3v) is 8.37. The van der Waals surface area contributed by atoms with Crippen LogP contribution in [0.4, 0.5) is 10.8 Å². The summed E-state index contributed by atoms with van der Waals surface area (Å²) in [6.07, 6.45) is 0. The largest absolute Gasteiger partial charge is 0.369 e. The number of thiazole rings is 1. The molecule has 0 bridgehead atoms. The van der Waals surface area contributed by atoms with Crippen molar-refractivity contribution in [2.75, 3.05) is 18.1 Å². The number of nitrogens with one attached hydrogen (secondary N) is 1. The SMILES string of the molecule is CN1C(N)=NC(C)(c2cccc(Nc3nc(-c4ccc5ccccc5n4)cs3)c2)CS1(=O)=O. The van der Waals surface area contributed by atoms with E-state index in [1.807, 2.05) is 66.0 Å². The van der Waals surface area contributed by atoms with Crippen LogP contribution in [-0.4, -0.2) is 41.5 Å². The number of nitrogens with two attached hydrogens (primary N) is 1. The molecule has 0 radical (unpaired) electrons. The number of nitrogens with zero attached hydrogens (tertiary/aromatic N) is 4. The van der Waals surface area contributed by atoms with Crippen molar-refractivity contribution in [2.45, 2.75) is 12.5 Å². The number of hydrogen-bond donors (Lipinski definition) is 2. The molecule has 0 saturated carbocycles. The van der Waals surface area contributed by atoms with Gasteiger partial charge in [0.05, 0.1) is 17.0 Å². The second kappa shape index (κ2) is 7.82. The predicted molar refractivity (Wildman–Crippen MR) is 133 cm³/mol. The summed E-state index contributed by atoms with van der Waals surface area (Å²) in [6.45, 7) is 1.77. The Morgan fingerprint density at radius 1 is 1.06 bits per heavy atom. The molecule has 0 aliphatic carbocycles. The first kappa shape index (κ1) is 21.4. The van der Waals surface area contributed by atoms with Gasteiger partial charge in [0.1, 0.15) is 11.2 Å². The summed E-state index contributed by atoms with van der Waals surface area (Å²) in [4.78, 5) is 13.9. The monoisotopic (exact) mass is 478 g/mol. The lowest BCUT2D eigenvalue weighted by atomic mass is 9.94. The fraction of sp³-hybridized carbons (Fsp3) is 0.174. The molecule has 1 aliphatic heterocycles. The number of sulfonamides is 1. The summed E-state index contributed by atoms with van der Waals surface area (Å²) in [5.41, 5.74) is 8.96. The topological polar surface area (TPSA) is 114 Å². The van der Waals surface area contributed by atoms with Crippen LogP contribution in [0.5, 0.6) is 0 Å². The minimum atomic E-state index is -3.54. The molecule has 168 valence electrons. The number of guanidine groups is 1. The fourth-order valence-electron chi connectivity index (χ4n) is 3.81. The quantitative estimate of drug-likeness (QED) is 0.460. The molecule has 8 nitrogen and oxygen atoms in total. The van der Waals surface area contributed by atoms with Crippen LogP contribution in [0.3, 0.4) is 0 Å². The van der Waals surface area contributed by atoms with Gasteiger partial charge < -0.3 is 11.1 Å². The molecule has 2 aromatic heterocycles. The van der Waals surface area contributed by atoms with Crippen molar-refractivity contribution in [1.29, 1.82) is 0 Å². The molecule has 33 heavy (non-hydrogen) atoms. The Labute approximate surface area is 195 Å². The third-order valence-electron chi connectivity index (χ3n) is 5.67. The molecule has 0 spiro atoms. The van der Waals surface area contributed by atoms with Gasteiger partial charge >= 0.3 is 0 Å². The Morgan fingerprint density at radius 2 is 1.88 bits per heavy atom. The molecule has 2 aromatic carbocycles. The van der Waals surface area contributed by atoms with Crippen LogP contribution < -0.4 is 11.1 Å². The standard InChI is InChI=1S/C23H22N6O2S2/c1-23(14-33(30,31)29(2)21(24)28-23)16-7-5-8-17(12-16)25-22-27-20(13-32-22)19-11-10-15-6-3-4-9-18(15)26-19/h3-13H,14H2,1-2H3,(H2,24,28)(H,25,27). The highest BCUT2D eigenvalue weighted by Gasteiger charge is 2.40. The Kier molecular flexibility index (Phi) is 5.06. The van der Waals surface area contributed by atoms with Crippen LogP contribution in [0.25, 0.3) is 22.3 Å². The molecule has 1 atom stereocenters. The number of anilines is 2. The maximum atomic E-state index is 12.5. The lowest BCUT2D eigenvalue weighted by Crippen LogP contribution is -2.50. The first-order valence-corrected chi connectivity index (χ1v) is 12.7. The molecule has 10 heteroatoms. The van der Waals surface area contributed by atoms with E-state index in [4.69, 9.17) is 10.7 Å². The molecule has 1 aliphatic rings. The molecule has 0 fully saturated rings. The van der Waals surface area contributed by atoms with E-state index in [0.29, 0.717) is 5.13 Å². The van der Waals surface area contributed by atoms with E-state index in [1.54, 1.807) is 6.92 Å². The number of hydrogen-bond acceptors (Lipinski definition) is 8. The van der Waals surface area contributed by atoms with Gasteiger partial charge in [0.15, 0.2) is 5.13 Å². The van der Waals surface area contributed by atoms with Crippen LogP contribution in [0.15, 0.2) is 71.0 Å². The zero-order valence-corrected chi connectivity index (χ0v) is 19.7. The summed E-state index contributed by atoms with van der Waals surface area (Å²) >= 11 is 1.47. The molecule has 5 rings (SSSR count). The van der Waals surface area contributed by atoms with Gasteiger partial charge in [-0.25, -0.2) is 27.7 Å². The average Bonchev–Trinajstić information content (AvgIpc) is 3.25. The normalized spacial score (nSPS) is 19.9. The van der Waals surface area contributed by atoms with Crippen molar-refractivity contribution < 1.29 is 8.42 Å². The van der Waals surface area contributed by atoms with Crippen LogP contribution in [0.1, 0.15) is 12.5 Å². The fourth-order valence-corrected chi connectivity index (χ4v) is 6.00. The number of para-hydroxylation sites is 1. The minimum Gasteiger partial charge on any atom is -0.369 e. The maximum Gasteiger partial charge on any atom is 0.239 e. The third kappa shape index (κ3) is 4.03. The Morgan fingerprint density at radius 3 is 2.70 bits per heavy atom. The number of fused-ring (bicyclic) bond motifs is 1. The average molecular weight is 479 g/mol. The van der Waals surface area contributed by atoms with Gasteiger partial charge in [0.2, 0.25) is 16.0 Å². The summed E-state index contributed by atoms with van der Waals surface area (Å²) in [7, 11) is -2.13. The molecule has 0 amide bonds. The van der Waals surface area contributed by atoms with Crippen molar-refractivity contribution in [2.24, 2.45) is 10.7 Å². The summed E-state index contributed by atoms with van der Waals surface area (Å²) in [6, 6.07) is 19.5. The Balaban J connectivity index is 1.41. The second-order valence-electron chi connectivity index (χ2n) is 8.10. The molecule has 0 saturated heterocycles. The summed E-state index contributed by atoms with van der Waals surface area (Å²) in [5.74, 6) is -0.176. The number of aliphatic imine (C=N–C) groups is 1. The van der Waals surface area contributed by atoms with E-state index in [1.165, 1.54) is 18.4 Å². The van der Waals surface area contributed by atoms with Gasteiger partial charge in [-0.1, -0.05) is 36.4 Å². The smallest absolute Gasteiger partial charge is 0.239 e. The van der Waals surface area contributed by atoms with Crippen molar-refractivity contribution in [1.82, 2.24) is 14.3 Å². The highest BCUT2D eigenvalue weighted by atomic mass is 32.2. The van der Waals surface area contributed by atoms with Crippen molar-refractivity contribution >= 4 is 49.0 Å². The zero-order chi connectivity index (χ0) is 23.2. The maximum absolute atomic E-state index is 12.5. The van der Waals surface area contributed by atoms with Crippen LogP contribution >= 0.6 is 11.3 Å². The van der Waals surface area contributed by atoms with E-state index in [2.05, 4.69) is 15.3 Å². The van der Waals surface area contributed by atoms with E-state index in [0.717, 1.165) is 37.8 Å². The van der Waals surface area contributed by atoms with Crippen LogP contribution in [-0.2, 0) is 15.6 Å². The molecule has 1 unspecified atom stereocenters. The van der Waals surface area contributed by atoms with Gasteiger partial charge in [0.25, 0.3) is 0 Å². The summed E-state index contributed by atoms with van der Waals surface area (Å²) in [5, 5.41) is 7.06. The van der Waals surface area contributed by atoms with Crippen LogP contribution in [0.2, 0.25) is 0 Å². The first-order chi connectivity index (χ1) is 15.7. The Bertz CT molecular complexity index is 1500. The first-order valence-electron chi connectivity index (χ1n) is 10.2. The number of aromatic nitrogens is 2. The Hall–Kier alpha value is -3.50. The lowest BCUT2D eigenvalue weighted by Gasteiger charge is -2.34. The number of pyridine rings is 1. The predicted octanol–water partition coefficient (Wildman–Crippen LogP) is 3.91. The van der Waals surface area contributed by atoms with E-state index >= 15 is 0 Å². The summed E-state index contributed by atoms with van der Waals surface area (Å²) < 4.78 is 26.0. The number of rotatable bonds is 4. The van der Waals surface area contributed by atoms with E-state index in [-0.39, 0.29) is 11.7 Å². The van der Waals surface area contributed by atoms with Crippen molar-refractivity contribution in [3.63, 3.8) is 0 Å². The molecular formula is C23H22N6O2S2. The molecule has 3 N–H and O–H groups in total. The highest BCUT2D eigenvalue weighted by Crippen LogP contribution is 2.34. The molecule has 3 heterocycles. The van der Waals surface area contributed by atoms with Crippen molar-refractivity contribution in [3.8, 4) is 11.4 Å². The van der Waals surface area contributed by atoms with Crippen molar-refractivity contribution in [3.05, 3.63) is 71.6 Å². The van der Waals surface area contributed by atoms with Gasteiger partial charge in [-0.15, -0.1) is 11.3 Å². The van der Waals surface area contributed by atoms with Gasteiger partial charge in [0, 0.05) is 23.5 Å². The lowest BCUT2D eigenvalue weighted by molar-refractivity contribution is 0.477. The van der Waals surface area contributed by atoms with Gasteiger partial charge in [-0.3, -0.25) is 0 Å². The van der Waals surface area contributed by atoms with E-state index < -0.39 is 15.6 Å². The molecular weight excluding hydrogens is 456 g/mol. The van der Waals surface area contributed by atoms with Gasteiger partial charge in [-0.2, -0.15) is 0 Å². The molecule has 4 aromatic rings. The van der Waals surface area contributed by atoms with Gasteiger partial charge in [-0.05, 0) is 36.8 Å². The minimum absolute atomic E-state index is 0.0189. The zero-order valence-electron chi connectivity index (χ0n) is 18.1. The van der Waals surface area contributed by atoms with E-state index in [9.17, 15) is 8.42 Å².